The Kier molecular flexibility index (Phi) is 51.0. The van der Waals surface area contributed by atoms with E-state index < -0.39 is 12.1 Å². The number of esters is 1. The van der Waals surface area contributed by atoms with Crippen LogP contribution in [0.5, 0.6) is 0 Å². The first-order valence-electron chi connectivity index (χ1n) is 27.9. The highest BCUT2D eigenvalue weighted by atomic mass is 16.5. The molecular formula is C56H109NO5. The van der Waals surface area contributed by atoms with Gasteiger partial charge in [0.2, 0.25) is 5.91 Å². The van der Waals surface area contributed by atoms with Gasteiger partial charge in [-0.25, -0.2) is 0 Å². The van der Waals surface area contributed by atoms with E-state index in [2.05, 4.69) is 31.3 Å². The number of ether oxygens (including phenoxy) is 1. The number of aliphatic hydroxyl groups is 2. The molecule has 0 aromatic heterocycles. The van der Waals surface area contributed by atoms with E-state index in [4.69, 9.17) is 4.74 Å². The minimum atomic E-state index is -0.666. The zero-order valence-electron chi connectivity index (χ0n) is 41.9. The molecule has 0 bridgehead atoms. The molecule has 3 N–H and O–H groups in total. The highest BCUT2D eigenvalue weighted by Gasteiger charge is 2.20. The van der Waals surface area contributed by atoms with E-state index in [1.54, 1.807) is 0 Å². The minimum Gasteiger partial charge on any atom is -0.466 e. The third-order valence-corrected chi connectivity index (χ3v) is 13.1. The summed E-state index contributed by atoms with van der Waals surface area (Å²) >= 11 is 0. The summed E-state index contributed by atoms with van der Waals surface area (Å²) in [4.78, 5) is 24.4. The van der Waals surface area contributed by atoms with Crippen molar-refractivity contribution in [3.8, 4) is 0 Å². The van der Waals surface area contributed by atoms with E-state index in [1.165, 1.54) is 238 Å². The molecule has 0 saturated heterocycles. The molecule has 0 radical (unpaired) electrons. The van der Waals surface area contributed by atoms with Gasteiger partial charge >= 0.3 is 5.97 Å². The lowest BCUT2D eigenvalue weighted by Gasteiger charge is -2.22. The smallest absolute Gasteiger partial charge is 0.305 e. The van der Waals surface area contributed by atoms with Crippen molar-refractivity contribution >= 4 is 11.9 Å². The van der Waals surface area contributed by atoms with Crippen LogP contribution in [0.3, 0.4) is 0 Å². The fraction of sp³-hybridized carbons (Fsp3) is 0.929. The molecule has 2 unspecified atom stereocenters. The lowest BCUT2D eigenvalue weighted by molar-refractivity contribution is -0.143. The third kappa shape index (κ3) is 48.1. The first kappa shape index (κ1) is 60.6. The van der Waals surface area contributed by atoms with Gasteiger partial charge in [-0.15, -0.1) is 0 Å². The summed E-state index contributed by atoms with van der Waals surface area (Å²) in [7, 11) is 0. The van der Waals surface area contributed by atoms with Crippen LogP contribution in [0.1, 0.15) is 309 Å². The molecule has 0 rings (SSSR count). The number of aliphatic hydroxyl groups excluding tert-OH is 2. The lowest BCUT2D eigenvalue weighted by Crippen LogP contribution is -2.45. The van der Waals surface area contributed by atoms with Crippen LogP contribution in [0.4, 0.5) is 0 Å². The van der Waals surface area contributed by atoms with Crippen molar-refractivity contribution < 1.29 is 24.5 Å². The van der Waals surface area contributed by atoms with E-state index in [0.29, 0.717) is 25.9 Å². The molecule has 0 spiro atoms. The number of unbranched alkanes of at least 4 members (excludes halogenated alkanes) is 39. The van der Waals surface area contributed by atoms with Crippen LogP contribution >= 0.6 is 0 Å². The van der Waals surface area contributed by atoms with Gasteiger partial charge < -0.3 is 20.3 Å². The largest absolute Gasteiger partial charge is 0.466 e. The fourth-order valence-corrected chi connectivity index (χ4v) is 8.75. The summed E-state index contributed by atoms with van der Waals surface area (Å²) in [6, 6.07) is -0.544. The molecule has 0 aromatic carbocycles. The maximum atomic E-state index is 12.4. The van der Waals surface area contributed by atoms with Crippen molar-refractivity contribution in [2.75, 3.05) is 13.2 Å². The van der Waals surface area contributed by atoms with Gasteiger partial charge in [-0.1, -0.05) is 257 Å². The van der Waals surface area contributed by atoms with Crippen molar-refractivity contribution in [1.29, 1.82) is 0 Å². The molecule has 368 valence electrons. The summed E-state index contributed by atoms with van der Waals surface area (Å²) in [6.07, 6.45) is 60.6. The molecule has 6 heteroatoms. The number of hydrogen-bond donors (Lipinski definition) is 3. The Morgan fingerprint density at radius 2 is 0.758 bits per heavy atom. The predicted molar refractivity (Wildman–Crippen MR) is 269 cm³/mol. The summed E-state index contributed by atoms with van der Waals surface area (Å²) in [5, 5.41) is 23.2. The number of rotatable bonds is 52. The van der Waals surface area contributed by atoms with Crippen molar-refractivity contribution in [3.63, 3.8) is 0 Å². The van der Waals surface area contributed by atoms with E-state index in [9.17, 15) is 19.8 Å². The highest BCUT2D eigenvalue weighted by molar-refractivity contribution is 5.76. The second-order valence-electron chi connectivity index (χ2n) is 19.3. The number of carbonyl (C=O) groups is 2. The van der Waals surface area contributed by atoms with Crippen molar-refractivity contribution in [2.45, 2.75) is 321 Å². The van der Waals surface area contributed by atoms with Gasteiger partial charge in [-0.2, -0.15) is 0 Å². The molecule has 1 amide bonds. The highest BCUT2D eigenvalue weighted by Crippen LogP contribution is 2.17. The molecule has 0 aliphatic carbocycles. The van der Waals surface area contributed by atoms with Crippen LogP contribution in [0.15, 0.2) is 12.2 Å². The van der Waals surface area contributed by atoms with E-state index in [0.717, 1.165) is 38.5 Å². The molecule has 0 aliphatic rings. The second-order valence-corrected chi connectivity index (χ2v) is 19.3. The SMILES string of the molecule is CCCCCCCCCCCCCCC(O)C(CO)NC(=O)CCCCCCCCC/C=C\CCCCCCCCCCCCCOC(=O)CCCCCCCCCCCCC. The predicted octanol–water partition coefficient (Wildman–Crippen LogP) is 16.9. The third-order valence-electron chi connectivity index (χ3n) is 13.1. The van der Waals surface area contributed by atoms with Gasteiger partial charge in [0, 0.05) is 12.8 Å². The van der Waals surface area contributed by atoms with Gasteiger partial charge in [-0.3, -0.25) is 9.59 Å². The van der Waals surface area contributed by atoms with E-state index in [1.807, 2.05) is 0 Å². The van der Waals surface area contributed by atoms with Crippen molar-refractivity contribution in [3.05, 3.63) is 12.2 Å². The monoisotopic (exact) mass is 876 g/mol. The lowest BCUT2D eigenvalue weighted by atomic mass is 10.0. The number of nitrogens with one attached hydrogen (secondary N) is 1. The molecule has 0 heterocycles. The average molecular weight is 876 g/mol. The summed E-state index contributed by atoms with van der Waals surface area (Å²) in [5.74, 6) is -0.0317. The number of carbonyl (C=O) groups excluding carboxylic acids is 2. The second kappa shape index (κ2) is 52.2. The van der Waals surface area contributed by atoms with E-state index in [-0.39, 0.29) is 18.5 Å². The van der Waals surface area contributed by atoms with Gasteiger partial charge in [0.05, 0.1) is 25.4 Å². The van der Waals surface area contributed by atoms with Gasteiger partial charge in [0.15, 0.2) is 0 Å². The zero-order chi connectivity index (χ0) is 45.1. The molecular weight excluding hydrogens is 767 g/mol. The molecule has 0 aromatic rings. The number of amides is 1. The van der Waals surface area contributed by atoms with Gasteiger partial charge in [-0.05, 0) is 51.4 Å². The Hall–Kier alpha value is -1.40. The Balaban J connectivity index is 3.40. The average Bonchev–Trinajstić information content (AvgIpc) is 3.27. The van der Waals surface area contributed by atoms with Crippen molar-refractivity contribution in [1.82, 2.24) is 5.32 Å². The quantitative estimate of drug-likeness (QED) is 0.0321. The molecule has 6 nitrogen and oxygen atoms in total. The van der Waals surface area contributed by atoms with Crippen molar-refractivity contribution in [2.24, 2.45) is 0 Å². The zero-order valence-corrected chi connectivity index (χ0v) is 41.9. The first-order chi connectivity index (χ1) is 30.5. The van der Waals surface area contributed by atoms with Gasteiger partial charge in [0.1, 0.15) is 0 Å². The van der Waals surface area contributed by atoms with E-state index >= 15 is 0 Å². The van der Waals surface area contributed by atoms with Crippen LogP contribution in [-0.4, -0.2) is 47.4 Å². The summed E-state index contributed by atoms with van der Waals surface area (Å²) in [5.41, 5.74) is 0. The van der Waals surface area contributed by atoms with Crippen LogP contribution in [0.25, 0.3) is 0 Å². The Labute approximate surface area is 387 Å². The first-order valence-corrected chi connectivity index (χ1v) is 27.9. The maximum absolute atomic E-state index is 12.4. The minimum absolute atomic E-state index is 0.00983. The summed E-state index contributed by atoms with van der Waals surface area (Å²) < 4.78 is 5.46. The van der Waals surface area contributed by atoms with Gasteiger partial charge in [0.25, 0.3) is 0 Å². The Morgan fingerprint density at radius 1 is 0.435 bits per heavy atom. The molecule has 0 fully saturated rings. The molecule has 0 aliphatic heterocycles. The van der Waals surface area contributed by atoms with Crippen LogP contribution in [0, 0.1) is 0 Å². The maximum Gasteiger partial charge on any atom is 0.305 e. The Bertz CT molecular complexity index is 924. The standard InChI is InChI=1S/C56H109NO5/c1-3-5-7-9-11-13-15-29-32-36-40-44-48-54(59)53(52-58)57-55(60)49-45-41-37-33-30-26-24-22-20-18-16-17-19-21-23-25-27-31-35-39-43-47-51-62-56(61)50-46-42-38-34-28-14-12-10-8-6-4-2/h18,20,53-54,58-59H,3-17,19,21-52H2,1-2H3,(H,57,60)/b20-18-. The van der Waals surface area contributed by atoms with Crippen LogP contribution in [-0.2, 0) is 14.3 Å². The molecule has 62 heavy (non-hydrogen) atoms. The normalized spacial score (nSPS) is 12.6. The van der Waals surface area contributed by atoms with Crippen LogP contribution < -0.4 is 5.32 Å². The Morgan fingerprint density at radius 3 is 1.15 bits per heavy atom. The topological polar surface area (TPSA) is 95.9 Å². The van der Waals surface area contributed by atoms with Crippen LogP contribution in [0.2, 0.25) is 0 Å². The fourth-order valence-electron chi connectivity index (χ4n) is 8.75. The number of allylic oxidation sites excluding steroid dienone is 2. The summed E-state index contributed by atoms with van der Waals surface area (Å²) in [6.45, 7) is 4.95. The molecule has 2 atom stereocenters. The number of hydrogen-bond acceptors (Lipinski definition) is 5. The molecule has 0 saturated carbocycles.